The molecular weight excluding hydrogens is 521 g/mol. The van der Waals surface area contributed by atoms with E-state index >= 15 is 0 Å². The van der Waals surface area contributed by atoms with E-state index in [1.807, 2.05) is 24.3 Å². The summed E-state index contributed by atoms with van der Waals surface area (Å²) in [7, 11) is 0. The van der Waals surface area contributed by atoms with Crippen LogP contribution in [0.15, 0.2) is 74.4 Å². The van der Waals surface area contributed by atoms with E-state index in [4.69, 9.17) is 4.74 Å². The number of anilines is 2. The van der Waals surface area contributed by atoms with Gasteiger partial charge in [0.25, 0.3) is 0 Å². The highest BCUT2D eigenvalue weighted by Crippen LogP contribution is 2.40. The molecule has 1 aliphatic carbocycles. The van der Waals surface area contributed by atoms with Gasteiger partial charge in [0.2, 0.25) is 5.95 Å². The molecule has 0 amide bonds. The van der Waals surface area contributed by atoms with Gasteiger partial charge in [0.1, 0.15) is 5.75 Å². The summed E-state index contributed by atoms with van der Waals surface area (Å²) in [6, 6.07) is 17.6. The quantitative estimate of drug-likeness (QED) is 0.206. The van der Waals surface area contributed by atoms with Crippen molar-refractivity contribution >= 4 is 52.0 Å². The standard InChI is InChI=1S/C24H15BrFN5O2S/c1-27-34-19-9-5-8-14-15(19)12-16-17(25)10-11-18(20(16)21(14)32)28-23-29-22(26)30-24(31-23)33-13-6-3-2-4-7-13/h2-11H,1,12H2,(H,28,29,30,31). The van der Waals surface area contributed by atoms with Gasteiger partial charge in [-0.2, -0.15) is 14.4 Å². The molecule has 1 heterocycles. The Morgan fingerprint density at radius 2 is 1.85 bits per heavy atom. The van der Waals surface area contributed by atoms with Crippen LogP contribution >= 0.6 is 27.9 Å². The molecule has 3 aromatic carbocycles. The lowest BCUT2D eigenvalue weighted by molar-refractivity contribution is 0.103. The zero-order valence-corrected chi connectivity index (χ0v) is 19.9. The second-order valence-corrected chi connectivity index (χ2v) is 8.94. The van der Waals surface area contributed by atoms with Crippen LogP contribution in [0.5, 0.6) is 11.8 Å². The number of halogens is 2. The van der Waals surface area contributed by atoms with Crippen LogP contribution in [-0.4, -0.2) is 27.5 Å². The fourth-order valence-electron chi connectivity index (χ4n) is 3.73. The highest BCUT2D eigenvalue weighted by molar-refractivity contribution is 9.10. The Morgan fingerprint density at radius 3 is 2.65 bits per heavy atom. The van der Waals surface area contributed by atoms with Gasteiger partial charge >= 0.3 is 12.1 Å². The number of hydrogen-bond donors (Lipinski definition) is 1. The number of carbonyl (C=O) groups is 1. The van der Waals surface area contributed by atoms with Crippen molar-refractivity contribution < 1.29 is 13.9 Å². The average Bonchev–Trinajstić information content (AvgIpc) is 2.82. The predicted molar refractivity (Wildman–Crippen MR) is 132 cm³/mol. The fraction of sp³-hybridized carbons (Fsp3) is 0.0417. The minimum Gasteiger partial charge on any atom is -0.424 e. The van der Waals surface area contributed by atoms with E-state index in [0.717, 1.165) is 20.5 Å². The molecule has 7 nitrogen and oxygen atoms in total. The van der Waals surface area contributed by atoms with Crippen molar-refractivity contribution in [2.45, 2.75) is 11.3 Å². The van der Waals surface area contributed by atoms with Gasteiger partial charge in [-0.3, -0.25) is 4.79 Å². The Bertz CT molecular complexity index is 1430. The average molecular weight is 536 g/mol. The number of para-hydroxylation sites is 1. The normalized spacial score (nSPS) is 12.0. The largest absolute Gasteiger partial charge is 0.424 e. The van der Waals surface area contributed by atoms with Crippen molar-refractivity contribution in [1.29, 1.82) is 0 Å². The summed E-state index contributed by atoms with van der Waals surface area (Å²) in [5.41, 5.74) is 3.18. The molecule has 0 radical (unpaired) electrons. The molecule has 4 aromatic rings. The molecule has 0 atom stereocenters. The second kappa shape index (κ2) is 9.32. The first kappa shape index (κ1) is 22.2. The highest BCUT2D eigenvalue weighted by atomic mass is 79.9. The fourth-order valence-corrected chi connectivity index (χ4v) is 4.78. The lowest BCUT2D eigenvalue weighted by Gasteiger charge is -2.24. The van der Waals surface area contributed by atoms with Crippen molar-refractivity contribution in [3.05, 3.63) is 93.5 Å². The summed E-state index contributed by atoms with van der Waals surface area (Å²) in [4.78, 5) is 25.9. The third-order valence-electron chi connectivity index (χ3n) is 5.16. The number of hydrogen-bond acceptors (Lipinski definition) is 8. The van der Waals surface area contributed by atoms with Gasteiger partial charge in [-0.25, -0.2) is 4.40 Å². The number of fused-ring (bicyclic) bond motifs is 2. The lowest BCUT2D eigenvalue weighted by Crippen LogP contribution is -2.18. The Kier molecular flexibility index (Phi) is 6.08. The SMILES string of the molecule is C=NSc1cccc2c1Cc1c(Br)ccc(Nc3nc(F)nc(Oc4ccccc4)n3)c1C2=O. The summed E-state index contributed by atoms with van der Waals surface area (Å²) in [6.45, 7) is 3.54. The van der Waals surface area contributed by atoms with E-state index < -0.39 is 6.08 Å². The molecule has 34 heavy (non-hydrogen) atoms. The zero-order chi connectivity index (χ0) is 23.7. The summed E-state index contributed by atoms with van der Waals surface area (Å²) in [6.07, 6.45) is -0.497. The molecular formula is C24H15BrFN5O2S. The van der Waals surface area contributed by atoms with Gasteiger partial charge < -0.3 is 10.1 Å². The molecule has 0 bridgehead atoms. The van der Waals surface area contributed by atoms with Gasteiger partial charge in [0.15, 0.2) is 5.78 Å². The smallest absolute Gasteiger partial charge is 0.329 e. The Hall–Kier alpha value is -3.63. The number of nitrogens with one attached hydrogen (secondary N) is 1. The van der Waals surface area contributed by atoms with Gasteiger partial charge in [-0.1, -0.05) is 46.3 Å². The van der Waals surface area contributed by atoms with Crippen molar-refractivity contribution in [3.8, 4) is 11.8 Å². The number of carbonyl (C=O) groups excluding carboxylic acids is 1. The first-order chi connectivity index (χ1) is 16.5. The van der Waals surface area contributed by atoms with Crippen LogP contribution in [0.1, 0.15) is 27.0 Å². The molecule has 1 aromatic heterocycles. The Balaban J connectivity index is 1.52. The van der Waals surface area contributed by atoms with Gasteiger partial charge in [0.05, 0.1) is 11.3 Å². The van der Waals surface area contributed by atoms with Crippen molar-refractivity contribution in [2.24, 2.45) is 4.40 Å². The summed E-state index contributed by atoms with van der Waals surface area (Å²) < 4.78 is 24.4. The van der Waals surface area contributed by atoms with E-state index in [1.165, 1.54) is 11.9 Å². The van der Waals surface area contributed by atoms with Crippen LogP contribution in [-0.2, 0) is 6.42 Å². The molecule has 1 N–H and O–H groups in total. The number of rotatable bonds is 6. The monoisotopic (exact) mass is 535 g/mol. The van der Waals surface area contributed by atoms with E-state index in [1.54, 1.807) is 36.4 Å². The number of aromatic nitrogens is 3. The highest BCUT2D eigenvalue weighted by Gasteiger charge is 2.29. The number of benzene rings is 3. The molecule has 0 unspecified atom stereocenters. The lowest BCUT2D eigenvalue weighted by atomic mass is 9.84. The molecule has 1 aliphatic rings. The predicted octanol–water partition coefficient (Wildman–Crippen LogP) is 6.15. The number of ketones is 1. The maximum atomic E-state index is 14.2. The minimum atomic E-state index is -1.01. The molecule has 0 saturated carbocycles. The van der Waals surface area contributed by atoms with Crippen LogP contribution in [0.4, 0.5) is 16.0 Å². The third kappa shape index (κ3) is 4.29. The maximum Gasteiger partial charge on any atom is 0.329 e. The van der Waals surface area contributed by atoms with Crippen LogP contribution in [0, 0.1) is 6.08 Å². The molecule has 0 saturated heterocycles. The van der Waals surface area contributed by atoms with Crippen LogP contribution in [0.25, 0.3) is 0 Å². The van der Waals surface area contributed by atoms with Gasteiger partial charge in [-0.15, -0.1) is 4.98 Å². The third-order valence-corrected chi connectivity index (χ3v) is 6.61. The molecule has 0 aliphatic heterocycles. The summed E-state index contributed by atoms with van der Waals surface area (Å²) in [5, 5.41) is 2.97. The second-order valence-electron chi connectivity index (χ2n) is 7.21. The van der Waals surface area contributed by atoms with Crippen LogP contribution in [0.2, 0.25) is 0 Å². The van der Waals surface area contributed by atoms with E-state index in [0.29, 0.717) is 29.0 Å². The van der Waals surface area contributed by atoms with Gasteiger partial charge in [-0.05, 0) is 48.2 Å². The van der Waals surface area contributed by atoms with E-state index in [-0.39, 0.29) is 17.7 Å². The summed E-state index contributed by atoms with van der Waals surface area (Å²) >= 11 is 4.79. The molecule has 0 spiro atoms. The maximum absolute atomic E-state index is 14.2. The topological polar surface area (TPSA) is 89.4 Å². The summed E-state index contributed by atoms with van der Waals surface area (Å²) in [5.74, 6) is 0.207. The van der Waals surface area contributed by atoms with Crippen LogP contribution in [0.3, 0.4) is 0 Å². The Labute approximate surface area is 206 Å². The Morgan fingerprint density at radius 1 is 1.03 bits per heavy atom. The van der Waals surface area contributed by atoms with Crippen molar-refractivity contribution in [3.63, 3.8) is 0 Å². The van der Waals surface area contributed by atoms with Crippen LogP contribution < -0.4 is 10.1 Å². The van der Waals surface area contributed by atoms with E-state index in [2.05, 4.69) is 47.3 Å². The van der Waals surface area contributed by atoms with Crippen molar-refractivity contribution in [2.75, 3.05) is 5.32 Å². The molecule has 10 heteroatoms. The minimum absolute atomic E-state index is 0.0817. The van der Waals surface area contributed by atoms with Crippen molar-refractivity contribution in [1.82, 2.24) is 15.0 Å². The molecule has 5 rings (SSSR count). The van der Waals surface area contributed by atoms with E-state index in [9.17, 15) is 9.18 Å². The molecule has 0 fully saturated rings. The van der Waals surface area contributed by atoms with Gasteiger partial charge in [0, 0.05) is 33.3 Å². The zero-order valence-electron chi connectivity index (χ0n) is 17.5. The number of ether oxygens (including phenoxy) is 1. The first-order valence-corrected chi connectivity index (χ1v) is 11.6. The first-order valence-electron chi connectivity index (χ1n) is 10.1. The number of nitrogens with zero attached hydrogens (tertiary/aromatic N) is 4. The molecule has 168 valence electrons.